The molecule has 0 aliphatic heterocycles. The number of fused-ring (bicyclic) bond motifs is 1. The van der Waals surface area contributed by atoms with Crippen molar-refractivity contribution >= 4 is 11.2 Å². The number of pyridine rings is 1. The third kappa shape index (κ3) is 1.42. The van der Waals surface area contributed by atoms with Gasteiger partial charge >= 0.3 is 5.69 Å². The Morgan fingerprint density at radius 2 is 2.43 bits per heavy atom. The van der Waals surface area contributed by atoms with Crippen molar-refractivity contribution in [3.63, 3.8) is 0 Å². The molecule has 0 spiro atoms. The quantitative estimate of drug-likeness (QED) is 0.722. The van der Waals surface area contributed by atoms with Gasteiger partial charge in [-0.1, -0.05) is 0 Å². The van der Waals surface area contributed by atoms with Gasteiger partial charge in [0.1, 0.15) is 0 Å². The molecule has 0 bridgehead atoms. The number of hydrogen-bond acceptors (Lipinski definition) is 3. The second-order valence-electron chi connectivity index (χ2n) is 3.10. The normalized spacial score (nSPS) is 10.9. The zero-order valence-electron chi connectivity index (χ0n) is 7.73. The zero-order valence-corrected chi connectivity index (χ0v) is 7.73. The van der Waals surface area contributed by atoms with Crippen molar-refractivity contribution in [3.05, 3.63) is 28.8 Å². The number of imidazole rings is 1. The van der Waals surface area contributed by atoms with Gasteiger partial charge in [-0.15, -0.1) is 0 Å². The second kappa shape index (κ2) is 3.63. The van der Waals surface area contributed by atoms with Gasteiger partial charge in [-0.2, -0.15) is 0 Å². The minimum Gasteiger partial charge on any atom is -0.330 e. The van der Waals surface area contributed by atoms with Crippen LogP contribution in [0.4, 0.5) is 0 Å². The number of hydrogen-bond donors (Lipinski definition) is 2. The molecule has 0 aliphatic rings. The Balaban J connectivity index is 2.51. The first kappa shape index (κ1) is 8.96. The average molecular weight is 192 g/mol. The molecule has 0 saturated carbocycles. The van der Waals surface area contributed by atoms with Crippen LogP contribution in [0.15, 0.2) is 23.1 Å². The molecule has 14 heavy (non-hydrogen) atoms. The Kier molecular flexibility index (Phi) is 2.32. The monoisotopic (exact) mass is 192 g/mol. The van der Waals surface area contributed by atoms with Crippen LogP contribution in [0.2, 0.25) is 0 Å². The molecule has 2 aromatic rings. The van der Waals surface area contributed by atoms with Crippen LogP contribution in [0.3, 0.4) is 0 Å². The molecule has 0 atom stereocenters. The molecule has 2 rings (SSSR count). The summed E-state index contributed by atoms with van der Waals surface area (Å²) >= 11 is 0. The summed E-state index contributed by atoms with van der Waals surface area (Å²) in [5.74, 6) is 0. The Labute approximate surface area is 80.6 Å². The predicted octanol–water partition coefficient (Wildman–Crippen LogP) is 0.0734. The largest absolute Gasteiger partial charge is 0.330 e. The maximum atomic E-state index is 11.5. The van der Waals surface area contributed by atoms with Crippen LogP contribution in [0.5, 0.6) is 0 Å². The number of aromatic nitrogens is 3. The summed E-state index contributed by atoms with van der Waals surface area (Å²) in [5, 5.41) is 0. The van der Waals surface area contributed by atoms with Crippen LogP contribution in [0, 0.1) is 0 Å². The maximum Gasteiger partial charge on any atom is 0.327 e. The van der Waals surface area contributed by atoms with Gasteiger partial charge in [0.05, 0.1) is 5.52 Å². The van der Waals surface area contributed by atoms with E-state index in [1.807, 2.05) is 12.1 Å². The van der Waals surface area contributed by atoms with E-state index in [2.05, 4.69) is 9.97 Å². The van der Waals surface area contributed by atoms with Gasteiger partial charge in [0.2, 0.25) is 0 Å². The van der Waals surface area contributed by atoms with Crippen molar-refractivity contribution in [2.24, 2.45) is 5.73 Å². The van der Waals surface area contributed by atoms with E-state index in [0.717, 1.165) is 11.9 Å². The number of nitrogens with zero attached hydrogens (tertiary/aromatic N) is 2. The van der Waals surface area contributed by atoms with Crippen LogP contribution < -0.4 is 11.4 Å². The highest BCUT2D eigenvalue weighted by atomic mass is 16.1. The summed E-state index contributed by atoms with van der Waals surface area (Å²) in [6.07, 6.45) is 2.45. The first-order valence-corrected chi connectivity index (χ1v) is 4.56. The van der Waals surface area contributed by atoms with Gasteiger partial charge < -0.3 is 5.73 Å². The van der Waals surface area contributed by atoms with E-state index in [1.54, 1.807) is 10.8 Å². The lowest BCUT2D eigenvalue weighted by atomic mass is 10.4. The fourth-order valence-electron chi connectivity index (χ4n) is 1.46. The second-order valence-corrected chi connectivity index (χ2v) is 3.10. The van der Waals surface area contributed by atoms with Crippen molar-refractivity contribution in [3.8, 4) is 0 Å². The van der Waals surface area contributed by atoms with Crippen molar-refractivity contribution in [1.29, 1.82) is 0 Å². The number of aromatic amines is 1. The highest BCUT2D eigenvalue weighted by Crippen LogP contribution is 2.05. The number of H-pyrrole nitrogens is 1. The van der Waals surface area contributed by atoms with Crippen LogP contribution >= 0.6 is 0 Å². The van der Waals surface area contributed by atoms with E-state index in [-0.39, 0.29) is 5.69 Å². The molecule has 3 N–H and O–H groups in total. The maximum absolute atomic E-state index is 11.5. The minimum atomic E-state index is -0.118. The van der Waals surface area contributed by atoms with Crippen molar-refractivity contribution in [2.75, 3.05) is 6.54 Å². The number of aryl methyl sites for hydroxylation is 1. The Bertz CT molecular complexity index is 485. The summed E-state index contributed by atoms with van der Waals surface area (Å²) in [6, 6.07) is 3.69. The molecule has 0 aromatic carbocycles. The van der Waals surface area contributed by atoms with Gasteiger partial charge in [0.25, 0.3) is 0 Å². The van der Waals surface area contributed by atoms with Crippen LogP contribution in [0.1, 0.15) is 6.42 Å². The highest BCUT2D eigenvalue weighted by molar-refractivity contribution is 5.70. The van der Waals surface area contributed by atoms with Crippen LogP contribution in [0.25, 0.3) is 11.2 Å². The summed E-state index contributed by atoms with van der Waals surface area (Å²) in [6.45, 7) is 1.22. The number of rotatable bonds is 3. The molecule has 2 aromatic heterocycles. The van der Waals surface area contributed by atoms with Crippen molar-refractivity contribution in [2.45, 2.75) is 13.0 Å². The van der Waals surface area contributed by atoms with Gasteiger partial charge in [-0.3, -0.25) is 9.55 Å². The summed E-state index contributed by atoms with van der Waals surface area (Å²) in [5.41, 5.74) is 6.75. The average Bonchev–Trinajstić information content (AvgIpc) is 2.51. The number of nitrogens with one attached hydrogen (secondary N) is 1. The first-order chi connectivity index (χ1) is 6.83. The highest BCUT2D eigenvalue weighted by Gasteiger charge is 2.05. The smallest absolute Gasteiger partial charge is 0.327 e. The lowest BCUT2D eigenvalue weighted by Gasteiger charge is -1.99. The Morgan fingerprint density at radius 3 is 3.21 bits per heavy atom. The molecule has 74 valence electrons. The molecule has 0 aliphatic carbocycles. The lowest BCUT2D eigenvalue weighted by Crippen LogP contribution is -2.18. The molecule has 5 heteroatoms. The van der Waals surface area contributed by atoms with Crippen molar-refractivity contribution in [1.82, 2.24) is 14.5 Å². The van der Waals surface area contributed by atoms with Crippen molar-refractivity contribution < 1.29 is 0 Å². The fourth-order valence-corrected chi connectivity index (χ4v) is 1.46. The molecule has 0 radical (unpaired) electrons. The molecular weight excluding hydrogens is 180 g/mol. The van der Waals surface area contributed by atoms with E-state index in [9.17, 15) is 4.79 Å². The molecule has 0 fully saturated rings. The van der Waals surface area contributed by atoms with E-state index < -0.39 is 0 Å². The third-order valence-corrected chi connectivity index (χ3v) is 2.13. The minimum absolute atomic E-state index is 0.118. The lowest BCUT2D eigenvalue weighted by molar-refractivity contribution is 0.647. The topological polar surface area (TPSA) is 76.7 Å². The summed E-state index contributed by atoms with van der Waals surface area (Å²) in [4.78, 5) is 18.2. The van der Waals surface area contributed by atoms with Crippen LogP contribution in [-0.2, 0) is 6.54 Å². The SMILES string of the molecule is NCCCn1c(=O)[nH]c2ncccc21. The molecule has 0 amide bonds. The van der Waals surface area contributed by atoms with E-state index in [1.165, 1.54) is 0 Å². The Hall–Kier alpha value is -1.62. The summed E-state index contributed by atoms with van der Waals surface area (Å²) in [7, 11) is 0. The van der Waals surface area contributed by atoms with Gasteiger partial charge in [-0.25, -0.2) is 9.78 Å². The molecule has 5 nitrogen and oxygen atoms in total. The molecule has 0 unspecified atom stereocenters. The molecular formula is C9H12N4O. The summed E-state index contributed by atoms with van der Waals surface area (Å²) < 4.78 is 1.66. The molecule has 2 heterocycles. The predicted molar refractivity (Wildman–Crippen MR) is 54.0 cm³/mol. The van der Waals surface area contributed by atoms with Crippen LogP contribution in [-0.4, -0.2) is 21.1 Å². The fraction of sp³-hybridized carbons (Fsp3) is 0.333. The van der Waals surface area contributed by atoms with Gasteiger partial charge in [0.15, 0.2) is 5.65 Å². The van der Waals surface area contributed by atoms with Gasteiger partial charge in [-0.05, 0) is 25.1 Å². The Morgan fingerprint density at radius 1 is 1.57 bits per heavy atom. The number of nitrogens with two attached hydrogens (primary N) is 1. The molecule has 0 saturated heterocycles. The first-order valence-electron chi connectivity index (χ1n) is 4.56. The van der Waals surface area contributed by atoms with E-state index in [0.29, 0.717) is 18.7 Å². The van der Waals surface area contributed by atoms with E-state index >= 15 is 0 Å². The third-order valence-electron chi connectivity index (χ3n) is 2.13. The van der Waals surface area contributed by atoms with E-state index in [4.69, 9.17) is 5.73 Å². The standard InChI is InChI=1S/C9H12N4O/c10-4-2-6-13-7-3-1-5-11-8(7)12-9(13)14/h1,3,5H,2,4,6,10H2,(H,11,12,14). The van der Waals surface area contributed by atoms with Gasteiger partial charge in [0, 0.05) is 12.7 Å². The zero-order chi connectivity index (χ0) is 9.97.